The Morgan fingerprint density at radius 3 is 2.67 bits per heavy atom. The minimum atomic E-state index is -1.18. The first-order valence-corrected chi connectivity index (χ1v) is 6.43. The number of aliphatic carboxylic acids is 1. The van der Waals surface area contributed by atoms with Crippen molar-refractivity contribution >= 4 is 59.2 Å². The molecule has 3 N–H and O–H groups in total. The maximum atomic E-state index is 11.5. The Morgan fingerprint density at radius 2 is 2.17 bits per heavy atom. The molecule has 0 saturated carbocycles. The Bertz CT molecular complexity index is 462. The molecule has 0 aromatic rings. The van der Waals surface area contributed by atoms with Crippen LogP contribution in [0.1, 0.15) is 0 Å². The summed E-state index contributed by atoms with van der Waals surface area (Å²) in [6.07, 6.45) is 1.34. The summed E-state index contributed by atoms with van der Waals surface area (Å²) in [5.74, 6) is -1.17. The molecule has 0 spiro atoms. The van der Waals surface area contributed by atoms with Gasteiger partial charge in [0, 0.05) is 5.75 Å². The van der Waals surface area contributed by atoms with Crippen LogP contribution in [0.5, 0.6) is 0 Å². The molecule has 2 heterocycles. The molecule has 0 aromatic carbocycles. The van der Waals surface area contributed by atoms with E-state index in [4.69, 9.17) is 34.0 Å². The quantitative estimate of drug-likeness (QED) is 0.745. The molecule has 2 aliphatic heterocycles. The first-order chi connectivity index (χ1) is 7.93. The third kappa shape index (κ3) is 2.48. The maximum Gasteiger partial charge on any atom is 0.352 e. The average molecular weight is 332 g/mol. The number of amides is 1. The van der Waals surface area contributed by atoms with Crippen molar-refractivity contribution < 1.29 is 14.7 Å². The van der Waals surface area contributed by atoms with Gasteiger partial charge in [0.1, 0.15) is 21.6 Å². The van der Waals surface area contributed by atoms with Gasteiger partial charge in [-0.3, -0.25) is 9.69 Å². The van der Waals surface area contributed by atoms with E-state index in [0.717, 1.165) is 0 Å². The van der Waals surface area contributed by atoms with Crippen LogP contribution in [0.4, 0.5) is 0 Å². The van der Waals surface area contributed by atoms with E-state index in [9.17, 15) is 9.59 Å². The molecule has 0 bridgehead atoms. The number of carbonyl (C=O) groups is 2. The summed E-state index contributed by atoms with van der Waals surface area (Å²) in [6.45, 7) is 0. The molecule has 2 rings (SSSR count). The van der Waals surface area contributed by atoms with Gasteiger partial charge < -0.3 is 10.8 Å². The molecule has 1 saturated heterocycles. The van der Waals surface area contributed by atoms with Crippen molar-refractivity contribution in [2.45, 2.75) is 11.4 Å². The Hall–Kier alpha value is -0.400. The van der Waals surface area contributed by atoms with Gasteiger partial charge >= 0.3 is 5.97 Å². The molecule has 0 aromatic heterocycles. The van der Waals surface area contributed by atoms with Gasteiger partial charge in [0.25, 0.3) is 0 Å². The van der Waals surface area contributed by atoms with Crippen LogP contribution in [-0.2, 0) is 9.59 Å². The van der Waals surface area contributed by atoms with E-state index >= 15 is 0 Å². The zero-order valence-corrected chi connectivity index (χ0v) is 11.9. The van der Waals surface area contributed by atoms with E-state index in [1.807, 2.05) is 0 Å². The molecule has 2 atom stereocenters. The van der Waals surface area contributed by atoms with Crippen molar-refractivity contribution in [2.75, 3.05) is 5.75 Å². The van der Waals surface area contributed by atoms with Crippen molar-refractivity contribution in [3.05, 3.63) is 21.8 Å². The zero-order chi connectivity index (χ0) is 12.7. The predicted molar refractivity (Wildman–Crippen MR) is 72.8 cm³/mol. The summed E-state index contributed by atoms with van der Waals surface area (Å²) in [5, 5.41) is 8.82. The normalized spacial score (nSPS) is 25.9. The van der Waals surface area contributed by atoms with Crippen LogP contribution in [0.25, 0.3) is 0 Å². The van der Waals surface area contributed by atoms with E-state index in [2.05, 4.69) is 0 Å². The topological polar surface area (TPSA) is 83.6 Å². The van der Waals surface area contributed by atoms with Gasteiger partial charge in [0.15, 0.2) is 0 Å². The second kappa shape index (κ2) is 5.71. The molecule has 1 amide bonds. The molecule has 9 heteroatoms. The Labute approximate surface area is 123 Å². The summed E-state index contributed by atoms with van der Waals surface area (Å²) < 4.78 is -0.0462. The average Bonchev–Trinajstić information content (AvgIpc) is 2.26. The Kier molecular flexibility index (Phi) is 4.97. The highest BCUT2D eigenvalue weighted by Gasteiger charge is 2.51. The summed E-state index contributed by atoms with van der Waals surface area (Å²) in [5.41, 5.74) is 5.92. The van der Waals surface area contributed by atoms with Crippen molar-refractivity contribution in [3.63, 3.8) is 0 Å². The fraction of sp³-hybridized carbons (Fsp3) is 0.333. The second-order valence-electron chi connectivity index (χ2n) is 3.55. The highest BCUT2D eigenvalue weighted by molar-refractivity contribution is 8.00. The largest absolute Gasteiger partial charge is 0.477 e. The van der Waals surface area contributed by atoms with E-state index in [-0.39, 0.29) is 28.0 Å². The van der Waals surface area contributed by atoms with Crippen LogP contribution in [0.15, 0.2) is 21.8 Å². The number of hydrogen-bond donors (Lipinski definition) is 2. The lowest BCUT2D eigenvalue weighted by atomic mass is 10.0. The first-order valence-electron chi connectivity index (χ1n) is 4.63. The lowest BCUT2D eigenvalue weighted by Crippen LogP contribution is -2.68. The number of β-lactam (4-membered cyclic amide) rings is 1. The molecular weight excluding hydrogens is 323 g/mol. The minimum Gasteiger partial charge on any atom is -0.477 e. The third-order valence-corrected chi connectivity index (χ3v) is 4.07. The van der Waals surface area contributed by atoms with Gasteiger partial charge in [-0.2, -0.15) is 0 Å². The van der Waals surface area contributed by atoms with Crippen LogP contribution in [0.2, 0.25) is 0 Å². The number of thioether (sulfide) groups is 1. The van der Waals surface area contributed by atoms with Gasteiger partial charge in [0.2, 0.25) is 5.91 Å². The standard InChI is InChI=1S/C9H8Cl2N2O3S.ClH/c10-4(11)1-3-2-17-8-5(12)7(14)13(8)6(3)9(15)16;/h1,5,8H,2,12H2,(H,15,16);1H/t5?,8-;/m0./s1. The lowest BCUT2D eigenvalue weighted by molar-refractivity contribution is -0.147. The molecule has 18 heavy (non-hydrogen) atoms. The van der Waals surface area contributed by atoms with Crippen LogP contribution in [-0.4, -0.2) is 39.1 Å². The number of carbonyl (C=O) groups excluding carboxylic acids is 1. The molecule has 2 aliphatic rings. The van der Waals surface area contributed by atoms with Crippen LogP contribution in [0.3, 0.4) is 0 Å². The fourth-order valence-corrected chi connectivity index (χ4v) is 3.30. The first kappa shape index (κ1) is 15.7. The zero-order valence-electron chi connectivity index (χ0n) is 8.80. The lowest BCUT2D eigenvalue weighted by Gasteiger charge is -2.47. The highest BCUT2D eigenvalue weighted by Crippen LogP contribution is 2.40. The Morgan fingerprint density at radius 1 is 1.56 bits per heavy atom. The number of carboxylic acids is 1. The number of hydrogen-bond acceptors (Lipinski definition) is 4. The van der Waals surface area contributed by atoms with E-state index in [0.29, 0.717) is 11.3 Å². The molecule has 0 radical (unpaired) electrons. The van der Waals surface area contributed by atoms with Gasteiger partial charge in [-0.25, -0.2) is 4.79 Å². The maximum absolute atomic E-state index is 11.5. The third-order valence-electron chi connectivity index (χ3n) is 2.52. The number of halogens is 3. The molecule has 100 valence electrons. The second-order valence-corrected chi connectivity index (χ2v) is 5.66. The van der Waals surface area contributed by atoms with Gasteiger partial charge in [-0.05, 0) is 11.6 Å². The summed E-state index contributed by atoms with van der Waals surface area (Å²) in [4.78, 5) is 23.9. The Balaban J connectivity index is 0.00000162. The van der Waals surface area contributed by atoms with Crippen LogP contribution >= 0.6 is 47.4 Å². The smallest absolute Gasteiger partial charge is 0.352 e. The summed E-state index contributed by atoms with van der Waals surface area (Å²) in [7, 11) is 0. The summed E-state index contributed by atoms with van der Waals surface area (Å²) >= 11 is 12.4. The summed E-state index contributed by atoms with van der Waals surface area (Å²) in [6, 6.07) is -0.633. The van der Waals surface area contributed by atoms with Crippen molar-refractivity contribution in [1.82, 2.24) is 4.90 Å². The van der Waals surface area contributed by atoms with E-state index in [1.54, 1.807) is 0 Å². The van der Waals surface area contributed by atoms with Gasteiger partial charge in [0.05, 0.1) is 0 Å². The minimum absolute atomic E-state index is 0. The SMILES string of the molecule is Cl.NC1C(=O)N2C(C(=O)O)=C(C=C(Cl)Cl)CS[C@@H]12. The number of nitrogens with zero attached hydrogens (tertiary/aromatic N) is 1. The molecular formula is C9H9Cl3N2O3S. The van der Waals surface area contributed by atoms with Crippen LogP contribution < -0.4 is 5.73 Å². The van der Waals surface area contributed by atoms with Crippen molar-refractivity contribution in [2.24, 2.45) is 5.73 Å². The van der Waals surface area contributed by atoms with Crippen molar-refractivity contribution in [3.8, 4) is 0 Å². The predicted octanol–water partition coefficient (Wildman–Crippen LogP) is 1.31. The van der Waals surface area contributed by atoms with E-state index < -0.39 is 17.9 Å². The molecule has 0 aliphatic carbocycles. The highest BCUT2D eigenvalue weighted by atomic mass is 35.5. The van der Waals surface area contributed by atoms with E-state index in [1.165, 1.54) is 22.7 Å². The fourth-order valence-electron chi connectivity index (χ4n) is 1.78. The van der Waals surface area contributed by atoms with Crippen molar-refractivity contribution in [1.29, 1.82) is 0 Å². The molecule has 5 nitrogen and oxygen atoms in total. The van der Waals surface area contributed by atoms with Crippen LogP contribution in [0, 0.1) is 0 Å². The molecule has 1 fully saturated rings. The van der Waals surface area contributed by atoms with Gasteiger partial charge in [-0.15, -0.1) is 24.2 Å². The van der Waals surface area contributed by atoms with Gasteiger partial charge in [-0.1, -0.05) is 23.2 Å². The monoisotopic (exact) mass is 330 g/mol. The number of nitrogens with two attached hydrogens (primary N) is 1. The number of rotatable bonds is 2. The number of allylic oxidation sites excluding steroid dienone is 1. The molecule has 1 unspecified atom stereocenters. The number of fused-ring (bicyclic) bond motifs is 1. The number of carboxylic acid groups (broad SMARTS) is 1.